The topological polar surface area (TPSA) is 72.9 Å². The van der Waals surface area contributed by atoms with E-state index in [4.69, 9.17) is 4.99 Å². The number of pyridine rings is 1. The minimum absolute atomic E-state index is 0.00932. The van der Waals surface area contributed by atoms with Gasteiger partial charge in [0.05, 0.1) is 6.54 Å². The Morgan fingerprint density at radius 1 is 1.10 bits per heavy atom. The van der Waals surface area contributed by atoms with Crippen molar-refractivity contribution in [2.75, 3.05) is 38.6 Å². The molecule has 0 aliphatic carbocycles. The normalized spacial score (nSPS) is 14.0. The third-order valence-electron chi connectivity index (χ3n) is 5.07. The molecule has 0 atom stereocenters. The van der Waals surface area contributed by atoms with E-state index < -0.39 is 0 Å². The van der Waals surface area contributed by atoms with Crippen molar-refractivity contribution in [1.82, 2.24) is 20.5 Å². The zero-order valence-electron chi connectivity index (χ0n) is 18.2. The molecule has 2 N–H and O–H groups in total. The number of guanidine groups is 1. The second-order valence-corrected chi connectivity index (χ2v) is 7.66. The molecule has 30 heavy (non-hydrogen) atoms. The highest BCUT2D eigenvalue weighted by atomic mass is 16.2. The molecule has 1 aromatic carbocycles. The Bertz CT molecular complexity index is 856. The van der Waals surface area contributed by atoms with Gasteiger partial charge in [-0.15, -0.1) is 0 Å². The molecule has 1 aromatic heterocycles. The molecule has 0 radical (unpaired) electrons. The maximum Gasteiger partial charge on any atom is 0.253 e. The van der Waals surface area contributed by atoms with Crippen LogP contribution in [-0.4, -0.2) is 55.5 Å². The van der Waals surface area contributed by atoms with E-state index in [-0.39, 0.29) is 5.91 Å². The van der Waals surface area contributed by atoms with Gasteiger partial charge in [-0.3, -0.25) is 4.79 Å². The number of anilines is 1. The minimum Gasteiger partial charge on any atom is -0.357 e. The summed E-state index contributed by atoms with van der Waals surface area (Å²) in [6.07, 6.45) is 4.35. The zero-order valence-corrected chi connectivity index (χ0v) is 18.2. The molecule has 3 rings (SSSR count). The molecule has 160 valence electrons. The Kier molecular flexibility index (Phi) is 7.65. The first-order valence-corrected chi connectivity index (χ1v) is 10.6. The van der Waals surface area contributed by atoms with Crippen LogP contribution in [0.25, 0.3) is 0 Å². The van der Waals surface area contributed by atoms with Gasteiger partial charge in [-0.25, -0.2) is 9.98 Å². The molecular formula is C23H32N6O. The van der Waals surface area contributed by atoms with Crippen LogP contribution in [0.15, 0.2) is 47.6 Å². The third-order valence-corrected chi connectivity index (χ3v) is 5.07. The number of nitrogens with one attached hydrogen (secondary N) is 2. The van der Waals surface area contributed by atoms with Gasteiger partial charge in [-0.2, -0.15) is 0 Å². The Morgan fingerprint density at radius 3 is 2.50 bits per heavy atom. The van der Waals surface area contributed by atoms with Crippen LogP contribution in [0, 0.1) is 0 Å². The van der Waals surface area contributed by atoms with Crippen LogP contribution in [0.2, 0.25) is 0 Å². The van der Waals surface area contributed by atoms with Gasteiger partial charge in [0.15, 0.2) is 5.96 Å². The highest BCUT2D eigenvalue weighted by molar-refractivity contribution is 5.93. The Hall–Kier alpha value is -3.09. The minimum atomic E-state index is 0.00932. The van der Waals surface area contributed by atoms with E-state index in [0.29, 0.717) is 18.7 Å². The molecule has 1 aliphatic rings. The van der Waals surface area contributed by atoms with Gasteiger partial charge in [0.2, 0.25) is 0 Å². The maximum atomic E-state index is 12.0. The predicted octanol–water partition coefficient (Wildman–Crippen LogP) is 2.64. The number of hydrogen-bond acceptors (Lipinski definition) is 4. The number of hydrogen-bond donors (Lipinski definition) is 2. The van der Waals surface area contributed by atoms with Crippen molar-refractivity contribution >= 4 is 17.7 Å². The molecular weight excluding hydrogens is 376 g/mol. The van der Waals surface area contributed by atoms with Gasteiger partial charge in [-0.05, 0) is 55.2 Å². The highest BCUT2D eigenvalue weighted by Gasteiger charge is 2.13. The molecule has 1 fully saturated rings. The summed E-state index contributed by atoms with van der Waals surface area (Å²) in [6, 6.07) is 11.8. The van der Waals surface area contributed by atoms with Crippen LogP contribution in [0.5, 0.6) is 0 Å². The molecule has 2 heterocycles. The Morgan fingerprint density at radius 2 is 1.83 bits per heavy atom. The van der Waals surface area contributed by atoms with E-state index >= 15 is 0 Å². The molecule has 1 saturated heterocycles. The van der Waals surface area contributed by atoms with Crippen molar-refractivity contribution in [1.29, 1.82) is 0 Å². The van der Waals surface area contributed by atoms with Crippen LogP contribution in [0.3, 0.4) is 0 Å². The molecule has 0 spiro atoms. The molecule has 0 bridgehead atoms. The first kappa shape index (κ1) is 21.6. The van der Waals surface area contributed by atoms with E-state index in [1.165, 1.54) is 12.8 Å². The van der Waals surface area contributed by atoms with Crippen molar-refractivity contribution in [2.45, 2.75) is 32.9 Å². The van der Waals surface area contributed by atoms with Crippen molar-refractivity contribution in [3.63, 3.8) is 0 Å². The van der Waals surface area contributed by atoms with Crippen molar-refractivity contribution < 1.29 is 4.79 Å². The summed E-state index contributed by atoms with van der Waals surface area (Å²) in [5.41, 5.74) is 2.93. The lowest BCUT2D eigenvalue weighted by molar-refractivity contribution is 0.0827. The lowest BCUT2D eigenvalue weighted by Gasteiger charge is -2.16. The number of aromatic nitrogens is 1. The smallest absolute Gasteiger partial charge is 0.253 e. The van der Waals surface area contributed by atoms with Crippen LogP contribution in [-0.2, 0) is 13.1 Å². The first-order chi connectivity index (χ1) is 14.6. The van der Waals surface area contributed by atoms with E-state index in [0.717, 1.165) is 42.5 Å². The molecule has 7 heteroatoms. The molecule has 0 unspecified atom stereocenters. The van der Waals surface area contributed by atoms with Gasteiger partial charge in [-0.1, -0.05) is 12.1 Å². The average molecular weight is 409 g/mol. The molecule has 1 amide bonds. The van der Waals surface area contributed by atoms with E-state index in [1.807, 2.05) is 36.5 Å². The molecule has 1 aliphatic heterocycles. The highest BCUT2D eigenvalue weighted by Crippen LogP contribution is 2.18. The van der Waals surface area contributed by atoms with Crippen molar-refractivity contribution in [3.8, 4) is 0 Å². The monoisotopic (exact) mass is 408 g/mol. The van der Waals surface area contributed by atoms with E-state index in [9.17, 15) is 4.79 Å². The number of aliphatic imine (C=N–C) groups is 1. The average Bonchev–Trinajstić information content (AvgIpc) is 3.31. The van der Waals surface area contributed by atoms with Gasteiger partial charge >= 0.3 is 0 Å². The van der Waals surface area contributed by atoms with Gasteiger partial charge in [0.1, 0.15) is 5.82 Å². The fraction of sp³-hybridized carbons (Fsp3) is 0.435. The quantitative estimate of drug-likeness (QED) is 0.544. The van der Waals surface area contributed by atoms with Crippen LogP contribution < -0.4 is 15.5 Å². The number of carbonyl (C=O) groups excluding carboxylic acids is 1. The van der Waals surface area contributed by atoms with Gasteiger partial charge in [0.25, 0.3) is 5.91 Å². The summed E-state index contributed by atoms with van der Waals surface area (Å²) in [5, 5.41) is 6.66. The summed E-state index contributed by atoms with van der Waals surface area (Å²) in [7, 11) is 3.52. The van der Waals surface area contributed by atoms with E-state index in [1.54, 1.807) is 19.0 Å². The summed E-state index contributed by atoms with van der Waals surface area (Å²) >= 11 is 0. The molecule has 2 aromatic rings. The largest absolute Gasteiger partial charge is 0.357 e. The van der Waals surface area contributed by atoms with Crippen molar-refractivity contribution in [2.24, 2.45) is 4.99 Å². The second kappa shape index (κ2) is 10.6. The standard InChI is InChI=1S/C23H32N6O/c1-4-24-23(26-16-18-7-9-20(10-8-18)22(30)28(2)3)27-17-19-11-12-25-21(15-19)29-13-5-6-14-29/h7-12,15H,4-6,13-14,16-17H2,1-3H3,(H2,24,26,27). The number of nitrogens with zero attached hydrogens (tertiary/aromatic N) is 4. The van der Waals surface area contributed by atoms with Crippen LogP contribution in [0.4, 0.5) is 5.82 Å². The lowest BCUT2D eigenvalue weighted by Crippen LogP contribution is -2.36. The summed E-state index contributed by atoms with van der Waals surface area (Å²) in [6.45, 7) is 6.24. The van der Waals surface area contributed by atoms with E-state index in [2.05, 4.69) is 33.5 Å². The fourth-order valence-corrected chi connectivity index (χ4v) is 3.40. The number of carbonyl (C=O) groups is 1. The number of benzene rings is 1. The summed E-state index contributed by atoms with van der Waals surface area (Å²) < 4.78 is 0. The van der Waals surface area contributed by atoms with Gasteiger partial charge < -0.3 is 20.4 Å². The Labute approximate surface area is 179 Å². The predicted molar refractivity (Wildman–Crippen MR) is 122 cm³/mol. The maximum absolute atomic E-state index is 12.0. The summed E-state index contributed by atoms with van der Waals surface area (Å²) in [5.74, 6) is 1.83. The lowest BCUT2D eigenvalue weighted by atomic mass is 10.1. The fourth-order valence-electron chi connectivity index (χ4n) is 3.40. The van der Waals surface area contributed by atoms with Gasteiger partial charge in [0, 0.05) is 52.0 Å². The van der Waals surface area contributed by atoms with Crippen molar-refractivity contribution in [3.05, 3.63) is 59.3 Å². The van der Waals surface area contributed by atoms with Crippen LogP contribution in [0.1, 0.15) is 41.3 Å². The zero-order chi connectivity index (χ0) is 21.3. The third kappa shape index (κ3) is 5.95. The molecule has 7 nitrogen and oxygen atoms in total. The second-order valence-electron chi connectivity index (χ2n) is 7.66. The SMILES string of the molecule is CCNC(=NCc1ccnc(N2CCCC2)c1)NCc1ccc(C(=O)N(C)C)cc1. The first-order valence-electron chi connectivity index (χ1n) is 10.6. The summed E-state index contributed by atoms with van der Waals surface area (Å²) in [4.78, 5) is 25.2. The number of amides is 1. The van der Waals surface area contributed by atoms with Crippen LogP contribution >= 0.6 is 0 Å². The Balaban J connectivity index is 1.59. The molecule has 0 saturated carbocycles. The number of rotatable bonds is 7.